The molecule has 1 amide bonds. The van der Waals surface area contributed by atoms with Crippen molar-refractivity contribution in [3.63, 3.8) is 0 Å². The minimum atomic E-state index is -0.520. The molecule has 9 heteroatoms. The van der Waals surface area contributed by atoms with Crippen molar-refractivity contribution in [2.24, 2.45) is 0 Å². The molecule has 32 heavy (non-hydrogen) atoms. The summed E-state index contributed by atoms with van der Waals surface area (Å²) in [4.78, 5) is 31.9. The van der Waals surface area contributed by atoms with Crippen LogP contribution in [0.25, 0.3) is 5.82 Å². The Morgan fingerprint density at radius 3 is 2.59 bits per heavy atom. The number of rotatable bonds is 6. The molecule has 0 saturated carbocycles. The van der Waals surface area contributed by atoms with E-state index in [0.717, 1.165) is 21.5 Å². The number of benzene rings is 1. The summed E-state index contributed by atoms with van der Waals surface area (Å²) in [7, 11) is 1.32. The molecule has 8 nitrogen and oxygen atoms in total. The molecule has 1 aliphatic rings. The van der Waals surface area contributed by atoms with Crippen molar-refractivity contribution in [1.29, 1.82) is 0 Å². The molecule has 0 aliphatic carbocycles. The van der Waals surface area contributed by atoms with Crippen LogP contribution in [0.15, 0.2) is 59.5 Å². The van der Waals surface area contributed by atoms with Crippen LogP contribution in [0.3, 0.4) is 0 Å². The molecule has 3 heterocycles. The van der Waals surface area contributed by atoms with E-state index in [1.54, 1.807) is 12.3 Å². The third-order valence-electron chi connectivity index (χ3n) is 5.15. The van der Waals surface area contributed by atoms with Gasteiger partial charge in [0.05, 0.1) is 43.7 Å². The first-order valence-corrected chi connectivity index (χ1v) is 11.0. The molecule has 0 spiro atoms. The first kappa shape index (κ1) is 22.0. The van der Waals surface area contributed by atoms with Gasteiger partial charge in [-0.2, -0.15) is 0 Å². The van der Waals surface area contributed by atoms with Crippen molar-refractivity contribution in [2.75, 3.05) is 43.6 Å². The number of carbonyl (C=O) groups excluding carboxylic acids is 2. The summed E-state index contributed by atoms with van der Waals surface area (Å²) < 4.78 is 13.0. The Hall–Kier alpha value is -3.17. The largest absolute Gasteiger partial charge is 0.465 e. The third-order valence-corrected chi connectivity index (χ3v) is 5.60. The average molecular weight is 499 g/mol. The number of ether oxygens (including phenoxy) is 2. The molecule has 0 radical (unpaired) electrons. The van der Waals surface area contributed by atoms with E-state index >= 15 is 0 Å². The number of nitrogens with one attached hydrogen (secondary N) is 1. The molecule has 0 atom stereocenters. The Kier molecular flexibility index (Phi) is 6.87. The van der Waals surface area contributed by atoms with Crippen molar-refractivity contribution in [3.05, 3.63) is 70.6 Å². The van der Waals surface area contributed by atoms with E-state index < -0.39 is 5.97 Å². The van der Waals surface area contributed by atoms with Crippen LogP contribution in [0.1, 0.15) is 15.9 Å². The molecule has 1 aromatic carbocycles. The number of anilines is 2. The van der Waals surface area contributed by atoms with E-state index in [4.69, 9.17) is 9.47 Å². The van der Waals surface area contributed by atoms with Crippen LogP contribution in [0.4, 0.5) is 11.4 Å². The summed E-state index contributed by atoms with van der Waals surface area (Å²) in [6.45, 7) is 2.47. The molecule has 0 unspecified atom stereocenters. The van der Waals surface area contributed by atoms with Crippen molar-refractivity contribution < 1.29 is 19.1 Å². The molecule has 2 aromatic heterocycles. The van der Waals surface area contributed by atoms with Crippen molar-refractivity contribution >= 4 is 39.2 Å². The van der Waals surface area contributed by atoms with Crippen LogP contribution >= 0.6 is 15.9 Å². The SMILES string of the molecule is COC(=O)c1cc(Br)cc(N2CCOCC2)c1NC(=O)Cc1ccc(-n2cccc2)nc1. The molecule has 1 N–H and O–H groups in total. The number of halogens is 1. The highest BCUT2D eigenvalue weighted by Gasteiger charge is 2.23. The number of carbonyl (C=O) groups is 2. The van der Waals surface area contributed by atoms with Gasteiger partial charge in [-0.15, -0.1) is 0 Å². The molecule has 1 aliphatic heterocycles. The molecule has 0 bridgehead atoms. The maximum Gasteiger partial charge on any atom is 0.340 e. The second-order valence-corrected chi connectivity index (χ2v) is 8.19. The van der Waals surface area contributed by atoms with Gasteiger partial charge in [-0.05, 0) is 35.9 Å². The molecule has 166 valence electrons. The number of hydrogen-bond acceptors (Lipinski definition) is 6. The van der Waals surface area contributed by atoms with Gasteiger partial charge in [-0.1, -0.05) is 22.0 Å². The normalized spacial score (nSPS) is 13.6. The standard InChI is InChI=1S/C23H23BrN4O4/c1-31-23(30)18-13-17(24)14-19(27-8-10-32-11-9-27)22(18)26-21(29)12-16-4-5-20(25-15-16)28-6-2-3-7-28/h2-7,13-15H,8-12H2,1H3,(H,26,29). The smallest absolute Gasteiger partial charge is 0.340 e. The number of aromatic nitrogens is 2. The summed E-state index contributed by atoms with van der Waals surface area (Å²) in [5, 5.41) is 2.93. The zero-order valence-corrected chi connectivity index (χ0v) is 19.2. The maximum atomic E-state index is 12.9. The third kappa shape index (κ3) is 5.00. The van der Waals surface area contributed by atoms with E-state index in [1.165, 1.54) is 7.11 Å². The molecular formula is C23H23BrN4O4. The van der Waals surface area contributed by atoms with Gasteiger partial charge in [0.25, 0.3) is 0 Å². The van der Waals surface area contributed by atoms with Gasteiger partial charge in [-0.25, -0.2) is 9.78 Å². The summed E-state index contributed by atoms with van der Waals surface area (Å²) >= 11 is 3.47. The highest BCUT2D eigenvalue weighted by Crippen LogP contribution is 2.35. The lowest BCUT2D eigenvalue weighted by Crippen LogP contribution is -2.37. The predicted molar refractivity (Wildman–Crippen MR) is 124 cm³/mol. The lowest BCUT2D eigenvalue weighted by Gasteiger charge is -2.31. The van der Waals surface area contributed by atoms with Crippen LogP contribution in [0.5, 0.6) is 0 Å². The van der Waals surface area contributed by atoms with Gasteiger partial charge in [0, 0.05) is 36.2 Å². The molecule has 1 fully saturated rings. The highest BCUT2D eigenvalue weighted by atomic mass is 79.9. The minimum absolute atomic E-state index is 0.123. The number of morpholine rings is 1. The number of nitrogens with zero attached hydrogens (tertiary/aromatic N) is 3. The predicted octanol–water partition coefficient (Wildman–Crippen LogP) is 3.44. The summed E-state index contributed by atoms with van der Waals surface area (Å²) in [5.74, 6) is 0.00556. The van der Waals surface area contributed by atoms with Gasteiger partial charge in [0.1, 0.15) is 5.82 Å². The fourth-order valence-electron chi connectivity index (χ4n) is 3.58. The van der Waals surface area contributed by atoms with Crippen LogP contribution < -0.4 is 10.2 Å². The first-order valence-electron chi connectivity index (χ1n) is 10.2. The minimum Gasteiger partial charge on any atom is -0.465 e. The van der Waals surface area contributed by atoms with E-state index in [1.807, 2.05) is 47.3 Å². The van der Waals surface area contributed by atoms with Gasteiger partial charge < -0.3 is 24.3 Å². The monoisotopic (exact) mass is 498 g/mol. The Labute approximate surface area is 194 Å². The van der Waals surface area contributed by atoms with Gasteiger partial charge in [0.2, 0.25) is 5.91 Å². The molecule has 4 rings (SSSR count). The number of amides is 1. The second-order valence-electron chi connectivity index (χ2n) is 7.28. The van der Waals surface area contributed by atoms with Crippen molar-refractivity contribution in [3.8, 4) is 5.82 Å². The summed E-state index contributed by atoms with van der Waals surface area (Å²) in [6, 6.07) is 11.1. The van der Waals surface area contributed by atoms with Gasteiger partial charge in [0.15, 0.2) is 0 Å². The van der Waals surface area contributed by atoms with E-state index in [2.05, 4.69) is 31.1 Å². The zero-order valence-electron chi connectivity index (χ0n) is 17.6. The maximum absolute atomic E-state index is 12.9. The Morgan fingerprint density at radius 2 is 1.94 bits per heavy atom. The Morgan fingerprint density at radius 1 is 1.19 bits per heavy atom. The number of pyridine rings is 1. The number of methoxy groups -OCH3 is 1. The van der Waals surface area contributed by atoms with E-state index in [0.29, 0.717) is 32.0 Å². The Balaban J connectivity index is 1.57. The zero-order chi connectivity index (χ0) is 22.5. The molecular weight excluding hydrogens is 476 g/mol. The van der Waals surface area contributed by atoms with Crippen molar-refractivity contribution in [2.45, 2.75) is 6.42 Å². The van der Waals surface area contributed by atoms with Crippen molar-refractivity contribution in [1.82, 2.24) is 9.55 Å². The van der Waals surface area contributed by atoms with Crippen LogP contribution in [-0.4, -0.2) is 54.8 Å². The first-order chi connectivity index (χ1) is 15.5. The van der Waals surface area contributed by atoms with E-state index in [-0.39, 0.29) is 17.9 Å². The van der Waals surface area contributed by atoms with E-state index in [9.17, 15) is 9.59 Å². The highest BCUT2D eigenvalue weighted by molar-refractivity contribution is 9.10. The molecule has 1 saturated heterocycles. The van der Waals surface area contributed by atoms with Gasteiger partial charge in [-0.3, -0.25) is 4.79 Å². The Bertz CT molecular complexity index is 1090. The lowest BCUT2D eigenvalue weighted by molar-refractivity contribution is -0.115. The van der Waals surface area contributed by atoms with Gasteiger partial charge >= 0.3 is 5.97 Å². The second kappa shape index (κ2) is 9.97. The summed E-state index contributed by atoms with van der Waals surface area (Å²) in [5.41, 5.74) is 2.24. The summed E-state index contributed by atoms with van der Waals surface area (Å²) in [6.07, 6.45) is 5.62. The fraction of sp³-hybridized carbons (Fsp3) is 0.261. The fourth-order valence-corrected chi connectivity index (χ4v) is 4.02. The lowest BCUT2D eigenvalue weighted by atomic mass is 10.1. The number of esters is 1. The van der Waals surface area contributed by atoms with Crippen LogP contribution in [-0.2, 0) is 20.7 Å². The average Bonchev–Trinajstić information content (AvgIpc) is 3.35. The quantitative estimate of drug-likeness (QED) is 0.524. The van der Waals surface area contributed by atoms with Crippen LogP contribution in [0.2, 0.25) is 0 Å². The topological polar surface area (TPSA) is 85.7 Å². The molecule has 3 aromatic rings. The number of hydrogen-bond donors (Lipinski definition) is 1. The van der Waals surface area contributed by atoms with Crippen LogP contribution in [0, 0.1) is 0 Å².